The van der Waals surface area contributed by atoms with Crippen LogP contribution in [-0.4, -0.2) is 15.0 Å². The van der Waals surface area contributed by atoms with Gasteiger partial charge in [0.1, 0.15) is 5.82 Å². The molecule has 1 aromatic heterocycles. The van der Waals surface area contributed by atoms with Crippen molar-refractivity contribution in [3.05, 3.63) is 164 Å². The molecule has 3 heteroatoms. The first-order chi connectivity index (χ1) is 24.8. The van der Waals surface area contributed by atoms with Gasteiger partial charge in [0.2, 0.25) is 0 Å². The molecule has 3 nitrogen and oxygen atoms in total. The maximum absolute atomic E-state index is 5.23. The Morgan fingerprint density at radius 2 is 0.940 bits per heavy atom. The van der Waals surface area contributed by atoms with Crippen LogP contribution < -0.4 is 0 Å². The molecular formula is C47H37N3. The van der Waals surface area contributed by atoms with Crippen molar-refractivity contribution in [2.24, 2.45) is 0 Å². The van der Waals surface area contributed by atoms with Gasteiger partial charge < -0.3 is 0 Å². The molecule has 7 aromatic carbocycles. The van der Waals surface area contributed by atoms with Gasteiger partial charge in [-0.25, -0.2) is 15.0 Å². The molecule has 9 rings (SSSR count). The molecule has 240 valence electrons. The summed E-state index contributed by atoms with van der Waals surface area (Å²) in [5.74, 6) is 2.74. The quantitative estimate of drug-likeness (QED) is 0.181. The standard InChI is InChI=1S/C47H37N3/c1-2-14-36(15-3-1)45-48-46(50-47(49-45)44-22-9-8-21-43(44)42-23-11-17-35-13-6-7-20-41(35)42)40-19-10-18-38(31-40)33-24-26-34(27-25-33)39-29-28-32-12-4-5-16-37(32)30-39/h4-13,16-31,36H,1-3,14-15H2. The Labute approximate surface area is 293 Å². The SMILES string of the molecule is c1cc(-c2ccc(-c3ccc4ccccc4c3)cc2)cc(-c2nc(-c3ccccc3-c3cccc4ccccc34)nc(C3CCCCC3)n2)c1. The van der Waals surface area contributed by atoms with E-state index in [1.54, 1.807) is 0 Å². The Kier molecular flexibility index (Phi) is 7.94. The van der Waals surface area contributed by atoms with E-state index in [9.17, 15) is 0 Å². The second-order valence-corrected chi connectivity index (χ2v) is 13.5. The Balaban J connectivity index is 1.11. The normalized spacial score (nSPS) is 13.5. The second-order valence-electron chi connectivity index (χ2n) is 13.5. The average Bonchev–Trinajstić information content (AvgIpc) is 3.21. The fourth-order valence-corrected chi connectivity index (χ4v) is 7.62. The molecule has 0 radical (unpaired) electrons. The van der Waals surface area contributed by atoms with Crippen LogP contribution >= 0.6 is 0 Å². The lowest BCUT2D eigenvalue weighted by atomic mass is 9.88. The molecule has 1 aliphatic carbocycles. The van der Waals surface area contributed by atoms with Crippen LogP contribution in [0.25, 0.3) is 77.7 Å². The van der Waals surface area contributed by atoms with Crippen LogP contribution in [0.5, 0.6) is 0 Å². The highest BCUT2D eigenvalue weighted by molar-refractivity contribution is 6.00. The van der Waals surface area contributed by atoms with Gasteiger partial charge in [0.15, 0.2) is 11.6 Å². The number of aromatic nitrogens is 3. The predicted octanol–water partition coefficient (Wildman–Crippen LogP) is 12.6. The topological polar surface area (TPSA) is 38.7 Å². The van der Waals surface area contributed by atoms with Crippen molar-refractivity contribution in [3.8, 4) is 56.2 Å². The summed E-state index contributed by atoms with van der Waals surface area (Å²) in [5.41, 5.74) is 9.10. The summed E-state index contributed by atoms with van der Waals surface area (Å²) in [7, 11) is 0. The Bertz CT molecular complexity index is 2470. The van der Waals surface area contributed by atoms with E-state index in [0.717, 1.165) is 52.6 Å². The largest absolute Gasteiger partial charge is 0.213 e. The van der Waals surface area contributed by atoms with Crippen LogP contribution in [0.15, 0.2) is 158 Å². The Morgan fingerprint density at radius 3 is 1.76 bits per heavy atom. The molecule has 0 saturated heterocycles. The summed E-state index contributed by atoms with van der Waals surface area (Å²) in [5, 5.41) is 4.96. The van der Waals surface area contributed by atoms with Gasteiger partial charge >= 0.3 is 0 Å². The maximum Gasteiger partial charge on any atom is 0.164 e. The van der Waals surface area contributed by atoms with Crippen molar-refractivity contribution in [2.75, 3.05) is 0 Å². The minimum absolute atomic E-state index is 0.347. The molecule has 1 heterocycles. The fraction of sp³-hybridized carbons (Fsp3) is 0.128. The number of benzene rings is 7. The molecule has 0 unspecified atom stereocenters. The van der Waals surface area contributed by atoms with Crippen molar-refractivity contribution in [3.63, 3.8) is 0 Å². The van der Waals surface area contributed by atoms with E-state index in [0.29, 0.717) is 5.92 Å². The van der Waals surface area contributed by atoms with Crippen molar-refractivity contribution < 1.29 is 0 Å². The Morgan fingerprint density at radius 1 is 0.360 bits per heavy atom. The van der Waals surface area contributed by atoms with E-state index >= 15 is 0 Å². The Hall–Kier alpha value is -5.93. The highest BCUT2D eigenvalue weighted by atomic mass is 15.0. The van der Waals surface area contributed by atoms with E-state index in [1.807, 2.05) is 0 Å². The van der Waals surface area contributed by atoms with Crippen molar-refractivity contribution in [1.29, 1.82) is 0 Å². The van der Waals surface area contributed by atoms with E-state index in [1.165, 1.54) is 63.1 Å². The molecule has 1 fully saturated rings. The molecule has 0 amide bonds. The second kappa shape index (κ2) is 13.2. The lowest BCUT2D eigenvalue weighted by molar-refractivity contribution is 0.428. The zero-order valence-corrected chi connectivity index (χ0v) is 28.0. The summed E-state index contributed by atoms with van der Waals surface area (Å²) in [6, 6.07) is 56.4. The number of nitrogens with zero attached hydrogens (tertiary/aromatic N) is 3. The zero-order chi connectivity index (χ0) is 33.3. The molecule has 0 bridgehead atoms. The molecular weight excluding hydrogens is 607 g/mol. The molecule has 0 spiro atoms. The average molecular weight is 644 g/mol. The van der Waals surface area contributed by atoms with Crippen molar-refractivity contribution in [2.45, 2.75) is 38.0 Å². The zero-order valence-electron chi connectivity index (χ0n) is 28.0. The van der Waals surface area contributed by atoms with Gasteiger partial charge in [0.05, 0.1) is 0 Å². The minimum Gasteiger partial charge on any atom is -0.213 e. The van der Waals surface area contributed by atoms with Gasteiger partial charge in [-0.3, -0.25) is 0 Å². The van der Waals surface area contributed by atoms with Crippen LogP contribution in [0.2, 0.25) is 0 Å². The summed E-state index contributed by atoms with van der Waals surface area (Å²) >= 11 is 0. The maximum atomic E-state index is 5.23. The first kappa shape index (κ1) is 30.2. The van der Waals surface area contributed by atoms with Gasteiger partial charge in [-0.1, -0.05) is 165 Å². The van der Waals surface area contributed by atoms with Gasteiger partial charge in [-0.15, -0.1) is 0 Å². The van der Waals surface area contributed by atoms with Gasteiger partial charge in [-0.05, 0) is 79.9 Å². The smallest absolute Gasteiger partial charge is 0.164 e. The highest BCUT2D eigenvalue weighted by Crippen LogP contribution is 2.38. The van der Waals surface area contributed by atoms with Gasteiger partial charge in [0.25, 0.3) is 0 Å². The highest BCUT2D eigenvalue weighted by Gasteiger charge is 2.22. The summed E-state index contributed by atoms with van der Waals surface area (Å²) < 4.78 is 0. The molecule has 0 atom stereocenters. The number of fused-ring (bicyclic) bond motifs is 2. The van der Waals surface area contributed by atoms with Crippen molar-refractivity contribution in [1.82, 2.24) is 15.0 Å². The number of rotatable bonds is 6. The van der Waals surface area contributed by atoms with Gasteiger partial charge in [-0.2, -0.15) is 0 Å². The fourth-order valence-electron chi connectivity index (χ4n) is 7.62. The molecule has 0 N–H and O–H groups in total. The molecule has 1 saturated carbocycles. The summed E-state index contributed by atoms with van der Waals surface area (Å²) in [6.07, 6.45) is 5.97. The van der Waals surface area contributed by atoms with Gasteiger partial charge in [0, 0.05) is 17.0 Å². The third-order valence-electron chi connectivity index (χ3n) is 10.3. The molecule has 1 aliphatic rings. The lowest BCUT2D eigenvalue weighted by Gasteiger charge is -2.21. The van der Waals surface area contributed by atoms with E-state index < -0.39 is 0 Å². The van der Waals surface area contributed by atoms with Crippen LogP contribution in [0.1, 0.15) is 43.8 Å². The van der Waals surface area contributed by atoms with E-state index in [4.69, 9.17) is 15.0 Å². The van der Waals surface area contributed by atoms with Crippen LogP contribution in [0.4, 0.5) is 0 Å². The monoisotopic (exact) mass is 643 g/mol. The van der Waals surface area contributed by atoms with Crippen LogP contribution in [0, 0.1) is 0 Å². The summed E-state index contributed by atoms with van der Waals surface area (Å²) in [6.45, 7) is 0. The van der Waals surface area contributed by atoms with E-state index in [-0.39, 0.29) is 0 Å². The summed E-state index contributed by atoms with van der Waals surface area (Å²) in [4.78, 5) is 15.7. The third kappa shape index (κ3) is 5.86. The van der Waals surface area contributed by atoms with E-state index in [2.05, 4.69) is 158 Å². The minimum atomic E-state index is 0.347. The molecule has 0 aliphatic heterocycles. The number of hydrogen-bond acceptors (Lipinski definition) is 3. The molecule has 50 heavy (non-hydrogen) atoms. The first-order valence-electron chi connectivity index (χ1n) is 17.8. The lowest BCUT2D eigenvalue weighted by Crippen LogP contribution is -2.11. The molecule has 8 aromatic rings. The van der Waals surface area contributed by atoms with Crippen molar-refractivity contribution >= 4 is 21.5 Å². The van der Waals surface area contributed by atoms with Crippen LogP contribution in [0.3, 0.4) is 0 Å². The third-order valence-corrected chi connectivity index (χ3v) is 10.3. The predicted molar refractivity (Wildman–Crippen MR) is 208 cm³/mol. The number of hydrogen-bond donors (Lipinski definition) is 0. The van der Waals surface area contributed by atoms with Crippen LogP contribution in [-0.2, 0) is 0 Å². The first-order valence-corrected chi connectivity index (χ1v) is 17.8.